The van der Waals surface area contributed by atoms with Gasteiger partial charge in [0.2, 0.25) is 5.88 Å². The molecule has 6 heteroatoms. The zero-order valence-corrected chi connectivity index (χ0v) is 14.7. The number of aromatic nitrogens is 4. The second-order valence-corrected chi connectivity index (χ2v) is 5.94. The highest BCUT2D eigenvalue weighted by Gasteiger charge is 2.15. The Hall–Kier alpha value is -3.54. The zero-order valence-electron chi connectivity index (χ0n) is 14.7. The Balaban J connectivity index is 1.81. The van der Waals surface area contributed by atoms with Gasteiger partial charge in [0.15, 0.2) is 0 Å². The molecule has 0 aliphatic heterocycles. The van der Waals surface area contributed by atoms with Crippen LogP contribution in [0.3, 0.4) is 0 Å². The first-order chi connectivity index (χ1) is 13.2. The van der Waals surface area contributed by atoms with Crippen LogP contribution in [-0.2, 0) is 6.54 Å². The Bertz CT molecular complexity index is 1060. The van der Waals surface area contributed by atoms with Gasteiger partial charge < -0.3 is 4.74 Å². The molecule has 4 rings (SSSR count). The lowest BCUT2D eigenvalue weighted by molar-refractivity contribution is 0.398. The molecule has 0 spiro atoms. The fourth-order valence-corrected chi connectivity index (χ4v) is 2.84. The van der Waals surface area contributed by atoms with Gasteiger partial charge in [-0.1, -0.05) is 30.3 Å². The van der Waals surface area contributed by atoms with E-state index in [1.54, 1.807) is 36.2 Å². The fourth-order valence-electron chi connectivity index (χ4n) is 2.84. The molecular weight excluding hydrogens is 343 g/mol. The molecule has 0 saturated heterocycles. The average molecular weight is 360 g/mol. The monoisotopic (exact) mass is 360 g/mol. The van der Waals surface area contributed by atoms with Crippen molar-refractivity contribution in [1.29, 1.82) is 0 Å². The summed E-state index contributed by atoms with van der Waals surface area (Å²) in [4.78, 5) is 8.86. The number of ether oxygens (including phenoxy) is 1. The van der Waals surface area contributed by atoms with Gasteiger partial charge in [-0.15, -0.1) is 0 Å². The molecule has 1 aromatic carbocycles. The molecular formula is C21H17FN4O. The topological polar surface area (TPSA) is 52.8 Å². The van der Waals surface area contributed by atoms with Gasteiger partial charge in [0.25, 0.3) is 0 Å². The normalized spacial score (nSPS) is 10.7. The summed E-state index contributed by atoms with van der Waals surface area (Å²) < 4.78 is 21.1. The highest BCUT2D eigenvalue weighted by atomic mass is 19.1. The van der Waals surface area contributed by atoms with E-state index in [2.05, 4.69) is 15.1 Å². The molecule has 3 heterocycles. The lowest BCUT2D eigenvalue weighted by Crippen LogP contribution is -2.06. The van der Waals surface area contributed by atoms with Gasteiger partial charge in [0.05, 0.1) is 30.7 Å². The summed E-state index contributed by atoms with van der Waals surface area (Å²) in [5, 5.41) is 4.66. The maximum Gasteiger partial charge on any atom is 0.213 e. The molecule has 0 amide bonds. The first-order valence-corrected chi connectivity index (χ1v) is 8.48. The van der Waals surface area contributed by atoms with Crippen LogP contribution in [0.5, 0.6) is 5.88 Å². The molecule has 5 nitrogen and oxygen atoms in total. The number of hydrogen-bond donors (Lipinski definition) is 0. The van der Waals surface area contributed by atoms with E-state index < -0.39 is 0 Å². The van der Waals surface area contributed by atoms with Crippen LogP contribution in [0.1, 0.15) is 5.56 Å². The number of pyridine rings is 2. The number of methoxy groups -OCH3 is 1. The maximum absolute atomic E-state index is 14.2. The molecule has 134 valence electrons. The van der Waals surface area contributed by atoms with Gasteiger partial charge in [0.1, 0.15) is 11.5 Å². The van der Waals surface area contributed by atoms with Crippen molar-refractivity contribution in [3.63, 3.8) is 0 Å². The minimum atomic E-state index is -0.263. The quantitative estimate of drug-likeness (QED) is 0.535. The number of benzene rings is 1. The molecule has 0 atom stereocenters. The van der Waals surface area contributed by atoms with Crippen LogP contribution in [0, 0.1) is 5.82 Å². The third kappa shape index (κ3) is 3.55. The largest absolute Gasteiger partial charge is 0.481 e. The van der Waals surface area contributed by atoms with Crippen molar-refractivity contribution < 1.29 is 9.13 Å². The summed E-state index contributed by atoms with van der Waals surface area (Å²) in [6.07, 6.45) is 1.72. The number of hydrogen-bond acceptors (Lipinski definition) is 4. The minimum absolute atomic E-state index is 0.263. The van der Waals surface area contributed by atoms with E-state index in [1.165, 1.54) is 6.07 Å². The Morgan fingerprint density at radius 2 is 1.74 bits per heavy atom. The molecule has 0 bridgehead atoms. The van der Waals surface area contributed by atoms with Gasteiger partial charge in [-0.05, 0) is 30.3 Å². The number of nitrogens with zero attached hydrogens (tertiary/aromatic N) is 4. The van der Waals surface area contributed by atoms with E-state index in [0.29, 0.717) is 29.4 Å². The Kier molecular flexibility index (Phi) is 4.61. The zero-order chi connectivity index (χ0) is 18.6. The van der Waals surface area contributed by atoms with Crippen LogP contribution in [0.25, 0.3) is 22.8 Å². The molecule has 0 aliphatic carbocycles. The molecule has 0 fully saturated rings. The Morgan fingerprint density at radius 1 is 0.926 bits per heavy atom. The van der Waals surface area contributed by atoms with Crippen LogP contribution >= 0.6 is 0 Å². The molecule has 0 saturated carbocycles. The van der Waals surface area contributed by atoms with Crippen molar-refractivity contribution in [3.8, 4) is 28.7 Å². The second kappa shape index (κ2) is 7.37. The van der Waals surface area contributed by atoms with Crippen molar-refractivity contribution in [2.24, 2.45) is 0 Å². The third-order valence-corrected chi connectivity index (χ3v) is 4.18. The lowest BCUT2D eigenvalue weighted by Gasteiger charge is -2.08. The van der Waals surface area contributed by atoms with Gasteiger partial charge in [-0.3, -0.25) is 9.67 Å². The molecule has 0 unspecified atom stereocenters. The highest BCUT2D eigenvalue weighted by Crippen LogP contribution is 2.26. The van der Waals surface area contributed by atoms with E-state index in [9.17, 15) is 4.39 Å². The average Bonchev–Trinajstić information content (AvgIpc) is 3.14. The van der Waals surface area contributed by atoms with Crippen molar-refractivity contribution in [2.75, 3.05) is 7.11 Å². The van der Waals surface area contributed by atoms with E-state index in [1.807, 2.05) is 42.5 Å². The summed E-state index contributed by atoms with van der Waals surface area (Å²) in [6.45, 7) is 0.294. The first kappa shape index (κ1) is 16.9. The van der Waals surface area contributed by atoms with Gasteiger partial charge >= 0.3 is 0 Å². The summed E-state index contributed by atoms with van der Waals surface area (Å²) in [7, 11) is 1.57. The smallest absolute Gasteiger partial charge is 0.213 e. The fraction of sp³-hybridized carbons (Fsp3) is 0.0952. The first-order valence-electron chi connectivity index (χ1n) is 8.48. The van der Waals surface area contributed by atoms with Crippen LogP contribution in [0.2, 0.25) is 0 Å². The molecule has 27 heavy (non-hydrogen) atoms. The minimum Gasteiger partial charge on any atom is -0.481 e. The summed E-state index contributed by atoms with van der Waals surface area (Å²) in [5.41, 5.74) is 3.46. The molecule has 3 aromatic heterocycles. The molecule has 0 radical (unpaired) electrons. The summed E-state index contributed by atoms with van der Waals surface area (Å²) in [5.74, 6) is 0.247. The van der Waals surface area contributed by atoms with E-state index in [-0.39, 0.29) is 5.82 Å². The van der Waals surface area contributed by atoms with Crippen LogP contribution < -0.4 is 4.74 Å². The van der Waals surface area contributed by atoms with Crippen molar-refractivity contribution in [3.05, 3.63) is 84.3 Å². The van der Waals surface area contributed by atoms with E-state index in [0.717, 1.165) is 11.4 Å². The second-order valence-electron chi connectivity index (χ2n) is 5.94. The molecule has 0 aliphatic rings. The Labute approximate surface area is 156 Å². The van der Waals surface area contributed by atoms with E-state index in [4.69, 9.17) is 4.74 Å². The lowest BCUT2D eigenvalue weighted by atomic mass is 10.2. The number of rotatable bonds is 5. The highest BCUT2D eigenvalue weighted by molar-refractivity contribution is 5.65. The van der Waals surface area contributed by atoms with Crippen LogP contribution in [0.15, 0.2) is 72.9 Å². The standard InChI is InChI=1S/C21H17FN4O/c1-27-21-11-6-10-17(24-21)19-13-20(18-9-4-5-12-23-18)26(25-19)14-15-7-2-3-8-16(15)22/h2-13H,14H2,1H3. The predicted octanol–water partition coefficient (Wildman–Crippen LogP) is 4.20. The molecule has 4 aromatic rings. The molecule has 0 N–H and O–H groups in total. The summed E-state index contributed by atoms with van der Waals surface area (Å²) in [6, 6.07) is 19.8. The van der Waals surface area contributed by atoms with Gasteiger partial charge in [-0.25, -0.2) is 9.37 Å². The predicted molar refractivity (Wildman–Crippen MR) is 101 cm³/mol. The van der Waals surface area contributed by atoms with Crippen LogP contribution in [0.4, 0.5) is 4.39 Å². The SMILES string of the molecule is COc1cccc(-c2cc(-c3ccccn3)n(Cc3ccccc3F)n2)n1. The third-order valence-electron chi connectivity index (χ3n) is 4.18. The van der Waals surface area contributed by atoms with Crippen molar-refractivity contribution >= 4 is 0 Å². The van der Waals surface area contributed by atoms with Gasteiger partial charge in [0, 0.05) is 17.8 Å². The van der Waals surface area contributed by atoms with Gasteiger partial charge in [-0.2, -0.15) is 5.10 Å². The Morgan fingerprint density at radius 3 is 2.52 bits per heavy atom. The van der Waals surface area contributed by atoms with E-state index >= 15 is 0 Å². The maximum atomic E-state index is 14.2. The van der Waals surface area contributed by atoms with Crippen molar-refractivity contribution in [1.82, 2.24) is 19.7 Å². The van der Waals surface area contributed by atoms with Crippen LogP contribution in [-0.4, -0.2) is 26.9 Å². The summed E-state index contributed by atoms with van der Waals surface area (Å²) >= 11 is 0. The number of halogens is 1. The van der Waals surface area contributed by atoms with Crippen molar-refractivity contribution in [2.45, 2.75) is 6.54 Å².